The maximum atomic E-state index is 12.1. The van der Waals surface area contributed by atoms with Crippen LogP contribution in [-0.4, -0.2) is 32.3 Å². The van der Waals surface area contributed by atoms with Gasteiger partial charge in [0.05, 0.1) is 33.2 Å². The molecule has 0 N–H and O–H groups in total. The molecule has 7 nitrogen and oxygen atoms in total. The zero-order chi connectivity index (χ0) is 21.3. The fourth-order valence-electron chi connectivity index (χ4n) is 2.67. The number of aromatic nitrogens is 1. The minimum absolute atomic E-state index is 0.185. The van der Waals surface area contributed by atoms with E-state index in [-0.39, 0.29) is 11.5 Å². The van der Waals surface area contributed by atoms with Crippen LogP contribution in [-0.2, 0) is 14.3 Å². The first-order valence-electron chi connectivity index (χ1n) is 9.01. The number of methoxy groups -OCH3 is 3. The zero-order valence-electron chi connectivity index (χ0n) is 16.8. The zero-order valence-corrected chi connectivity index (χ0v) is 16.8. The highest BCUT2D eigenvalue weighted by Crippen LogP contribution is 2.34. The third-order valence-electron chi connectivity index (χ3n) is 4.02. The molecule has 0 radical (unpaired) electrons. The fraction of sp³-hybridized carbons (Fsp3) is 0.130. The summed E-state index contributed by atoms with van der Waals surface area (Å²) in [7, 11) is 4.32. The molecule has 0 amide bonds. The van der Waals surface area contributed by atoms with Crippen molar-refractivity contribution < 1.29 is 28.5 Å². The SMILES string of the molecule is CO/C=C(\C(=O)OC)c1cccnc1Oc1cccc(Oc2ccccc2OC)c1. The van der Waals surface area contributed by atoms with Crippen molar-refractivity contribution >= 4 is 11.5 Å². The number of benzene rings is 2. The summed E-state index contributed by atoms with van der Waals surface area (Å²) in [5, 5.41) is 0. The van der Waals surface area contributed by atoms with E-state index in [1.54, 1.807) is 55.8 Å². The van der Waals surface area contributed by atoms with E-state index in [2.05, 4.69) is 4.98 Å². The summed E-state index contributed by atoms with van der Waals surface area (Å²) in [4.78, 5) is 16.4. The third-order valence-corrected chi connectivity index (χ3v) is 4.02. The maximum Gasteiger partial charge on any atom is 0.341 e. The van der Waals surface area contributed by atoms with E-state index >= 15 is 0 Å². The van der Waals surface area contributed by atoms with Gasteiger partial charge in [0.1, 0.15) is 17.1 Å². The molecule has 3 rings (SSSR count). The van der Waals surface area contributed by atoms with E-state index < -0.39 is 5.97 Å². The van der Waals surface area contributed by atoms with Crippen LogP contribution in [0, 0.1) is 0 Å². The number of ether oxygens (including phenoxy) is 5. The molecule has 154 valence electrons. The molecule has 0 aliphatic carbocycles. The van der Waals surface area contributed by atoms with Crippen LogP contribution in [0.5, 0.6) is 28.9 Å². The van der Waals surface area contributed by atoms with Gasteiger partial charge in [0, 0.05) is 12.3 Å². The summed E-state index contributed by atoms with van der Waals surface area (Å²) in [6, 6.07) is 17.8. The Morgan fingerprint density at radius 2 is 1.60 bits per heavy atom. The lowest BCUT2D eigenvalue weighted by molar-refractivity contribution is -0.133. The van der Waals surface area contributed by atoms with Crippen LogP contribution >= 0.6 is 0 Å². The van der Waals surface area contributed by atoms with Crippen molar-refractivity contribution in [1.29, 1.82) is 0 Å². The Morgan fingerprint density at radius 1 is 0.867 bits per heavy atom. The van der Waals surface area contributed by atoms with Crippen LogP contribution in [0.4, 0.5) is 0 Å². The van der Waals surface area contributed by atoms with Crippen LogP contribution < -0.4 is 14.2 Å². The van der Waals surface area contributed by atoms with E-state index in [1.807, 2.05) is 18.2 Å². The number of carbonyl (C=O) groups excluding carboxylic acids is 1. The molecule has 7 heteroatoms. The van der Waals surface area contributed by atoms with Gasteiger partial charge in [-0.3, -0.25) is 0 Å². The van der Waals surface area contributed by atoms with Gasteiger partial charge in [-0.05, 0) is 36.4 Å². The number of esters is 1. The predicted molar refractivity (Wildman–Crippen MR) is 111 cm³/mol. The van der Waals surface area contributed by atoms with Crippen molar-refractivity contribution in [2.24, 2.45) is 0 Å². The maximum absolute atomic E-state index is 12.1. The van der Waals surface area contributed by atoms with Gasteiger partial charge in [-0.15, -0.1) is 0 Å². The molecule has 30 heavy (non-hydrogen) atoms. The lowest BCUT2D eigenvalue weighted by Gasteiger charge is -2.13. The second-order valence-corrected chi connectivity index (χ2v) is 5.94. The van der Waals surface area contributed by atoms with Gasteiger partial charge in [0.2, 0.25) is 5.88 Å². The number of hydrogen-bond acceptors (Lipinski definition) is 7. The molecular weight excluding hydrogens is 386 g/mol. The third kappa shape index (κ3) is 4.88. The molecule has 2 aromatic carbocycles. The highest BCUT2D eigenvalue weighted by Gasteiger charge is 2.19. The minimum Gasteiger partial charge on any atom is -0.503 e. The van der Waals surface area contributed by atoms with E-state index in [0.29, 0.717) is 28.6 Å². The highest BCUT2D eigenvalue weighted by molar-refractivity contribution is 6.16. The Hall–Kier alpha value is -4.00. The summed E-state index contributed by atoms with van der Waals surface area (Å²) in [5.41, 5.74) is 0.617. The van der Waals surface area contributed by atoms with Crippen LogP contribution in [0.2, 0.25) is 0 Å². The van der Waals surface area contributed by atoms with E-state index in [9.17, 15) is 4.79 Å². The number of pyridine rings is 1. The summed E-state index contributed by atoms with van der Waals surface area (Å²) >= 11 is 0. The number of para-hydroxylation sites is 2. The van der Waals surface area contributed by atoms with Crippen LogP contribution in [0.1, 0.15) is 5.56 Å². The van der Waals surface area contributed by atoms with Gasteiger partial charge in [-0.25, -0.2) is 9.78 Å². The van der Waals surface area contributed by atoms with Gasteiger partial charge < -0.3 is 23.7 Å². The fourth-order valence-corrected chi connectivity index (χ4v) is 2.67. The van der Waals surface area contributed by atoms with Gasteiger partial charge in [-0.2, -0.15) is 0 Å². The molecule has 0 bridgehead atoms. The number of carbonyl (C=O) groups is 1. The van der Waals surface area contributed by atoms with Crippen molar-refractivity contribution in [3.63, 3.8) is 0 Å². The molecule has 0 aliphatic heterocycles. The Bertz CT molecular complexity index is 1050. The van der Waals surface area contributed by atoms with Crippen molar-refractivity contribution in [1.82, 2.24) is 4.98 Å². The number of nitrogens with zero attached hydrogens (tertiary/aromatic N) is 1. The van der Waals surface area contributed by atoms with Gasteiger partial charge in [-0.1, -0.05) is 18.2 Å². The molecular formula is C23H21NO6. The first-order valence-corrected chi connectivity index (χ1v) is 9.01. The highest BCUT2D eigenvalue weighted by atomic mass is 16.5. The average molecular weight is 407 g/mol. The van der Waals surface area contributed by atoms with Crippen molar-refractivity contribution in [2.75, 3.05) is 21.3 Å². The van der Waals surface area contributed by atoms with Crippen LogP contribution in [0.3, 0.4) is 0 Å². The lowest BCUT2D eigenvalue weighted by Crippen LogP contribution is -2.06. The molecule has 0 atom stereocenters. The quantitative estimate of drug-likeness (QED) is 0.301. The second-order valence-electron chi connectivity index (χ2n) is 5.94. The monoisotopic (exact) mass is 407 g/mol. The topological polar surface area (TPSA) is 76.1 Å². The van der Waals surface area contributed by atoms with Gasteiger partial charge >= 0.3 is 5.97 Å². The standard InChI is InChI=1S/C23H21NO6/c1-26-15-19(23(25)28-3)18-10-7-13-24-22(18)30-17-9-6-8-16(14-17)29-21-12-5-4-11-20(21)27-2/h4-15H,1-3H3/b19-15-. The molecule has 3 aromatic rings. The average Bonchev–Trinajstić information content (AvgIpc) is 2.78. The summed E-state index contributed by atoms with van der Waals surface area (Å²) < 4.78 is 27.0. The predicted octanol–water partition coefficient (Wildman–Crippen LogP) is 4.84. The normalized spacial score (nSPS) is 10.8. The summed E-state index contributed by atoms with van der Waals surface area (Å²) in [6.45, 7) is 0. The van der Waals surface area contributed by atoms with Gasteiger partial charge in [0.25, 0.3) is 0 Å². The van der Waals surface area contributed by atoms with Crippen LogP contribution in [0.15, 0.2) is 73.1 Å². The Balaban J connectivity index is 1.89. The number of rotatable bonds is 8. The van der Waals surface area contributed by atoms with E-state index in [1.165, 1.54) is 20.5 Å². The molecule has 0 spiro atoms. The van der Waals surface area contributed by atoms with Crippen molar-refractivity contribution in [2.45, 2.75) is 0 Å². The summed E-state index contributed by atoms with van der Waals surface area (Å²) in [6.07, 6.45) is 2.85. The van der Waals surface area contributed by atoms with E-state index in [4.69, 9.17) is 23.7 Å². The molecule has 0 unspecified atom stereocenters. The molecule has 0 saturated carbocycles. The van der Waals surface area contributed by atoms with E-state index in [0.717, 1.165) is 0 Å². The molecule has 1 heterocycles. The number of hydrogen-bond donors (Lipinski definition) is 0. The molecule has 0 fully saturated rings. The first-order chi connectivity index (χ1) is 14.7. The van der Waals surface area contributed by atoms with Crippen molar-refractivity contribution in [3.05, 3.63) is 78.7 Å². The minimum atomic E-state index is -0.567. The molecule has 0 saturated heterocycles. The van der Waals surface area contributed by atoms with Crippen LogP contribution in [0.25, 0.3) is 5.57 Å². The summed E-state index contributed by atoms with van der Waals surface area (Å²) in [5.74, 6) is 1.87. The smallest absolute Gasteiger partial charge is 0.341 e. The molecule has 0 aliphatic rings. The lowest BCUT2D eigenvalue weighted by atomic mass is 10.1. The van der Waals surface area contributed by atoms with Gasteiger partial charge in [0.15, 0.2) is 11.5 Å². The van der Waals surface area contributed by atoms with Crippen molar-refractivity contribution in [3.8, 4) is 28.9 Å². The second kappa shape index (κ2) is 9.97. The first kappa shape index (κ1) is 20.7. The Morgan fingerprint density at radius 3 is 2.30 bits per heavy atom. The Labute approximate surface area is 174 Å². The molecule has 1 aromatic heterocycles. The Kier molecular flexibility index (Phi) is 6.89. The largest absolute Gasteiger partial charge is 0.503 e.